The summed E-state index contributed by atoms with van der Waals surface area (Å²) in [4.78, 5) is 25.5. The molecule has 108 valence electrons. The van der Waals surface area contributed by atoms with Crippen molar-refractivity contribution < 1.29 is 19.1 Å². The average Bonchev–Trinajstić information content (AvgIpc) is 3.21. The minimum atomic E-state index is -0.274. The van der Waals surface area contributed by atoms with Gasteiger partial charge in [0.25, 0.3) is 0 Å². The Kier molecular flexibility index (Phi) is 5.15. The topological polar surface area (TPSA) is 67.9 Å². The first-order valence-electron chi connectivity index (χ1n) is 6.98. The highest BCUT2D eigenvalue weighted by Crippen LogP contribution is 2.19. The van der Waals surface area contributed by atoms with Gasteiger partial charge in [0.05, 0.1) is 26.2 Å². The van der Waals surface area contributed by atoms with E-state index >= 15 is 0 Å². The number of carbonyl (C=O) groups is 2. The third kappa shape index (κ3) is 4.47. The van der Waals surface area contributed by atoms with Crippen LogP contribution >= 0.6 is 0 Å². The van der Waals surface area contributed by atoms with E-state index in [1.165, 1.54) is 0 Å². The summed E-state index contributed by atoms with van der Waals surface area (Å²) in [5.41, 5.74) is 0. The number of rotatable bonds is 6. The summed E-state index contributed by atoms with van der Waals surface area (Å²) in [6.07, 6.45) is 2.46. The molecule has 6 heteroatoms. The smallest absolute Gasteiger partial charge is 0.307 e. The van der Waals surface area contributed by atoms with Crippen molar-refractivity contribution in [3.63, 3.8) is 0 Å². The maximum atomic E-state index is 12.1. The van der Waals surface area contributed by atoms with E-state index in [1.54, 1.807) is 6.92 Å². The van der Waals surface area contributed by atoms with E-state index in [9.17, 15) is 9.59 Å². The van der Waals surface area contributed by atoms with E-state index in [-0.39, 0.29) is 17.9 Å². The van der Waals surface area contributed by atoms with E-state index in [2.05, 4.69) is 5.32 Å². The van der Waals surface area contributed by atoms with Gasteiger partial charge in [-0.25, -0.2) is 0 Å². The number of amides is 1. The monoisotopic (exact) mass is 270 g/mol. The Labute approximate surface area is 113 Å². The van der Waals surface area contributed by atoms with Crippen LogP contribution in [0.4, 0.5) is 0 Å². The molecule has 6 nitrogen and oxygen atoms in total. The molecule has 1 N–H and O–H groups in total. The molecule has 1 saturated heterocycles. The number of ether oxygens (including phenoxy) is 2. The fourth-order valence-corrected chi connectivity index (χ4v) is 2.14. The normalized spacial score (nSPS) is 23.9. The van der Waals surface area contributed by atoms with E-state index in [1.807, 2.05) is 4.90 Å². The highest BCUT2D eigenvalue weighted by atomic mass is 16.5. The second-order valence-electron chi connectivity index (χ2n) is 4.96. The van der Waals surface area contributed by atoms with Gasteiger partial charge >= 0.3 is 5.97 Å². The number of nitrogens with zero attached hydrogens (tertiary/aromatic N) is 1. The summed E-state index contributed by atoms with van der Waals surface area (Å²) in [6.45, 7) is 4.43. The second kappa shape index (κ2) is 6.86. The van der Waals surface area contributed by atoms with Gasteiger partial charge in [-0.2, -0.15) is 0 Å². The average molecular weight is 270 g/mol. The van der Waals surface area contributed by atoms with Crippen LogP contribution in [0.5, 0.6) is 0 Å². The molecule has 1 saturated carbocycles. The molecule has 1 atom stereocenters. The summed E-state index contributed by atoms with van der Waals surface area (Å²) in [6, 6.07) is 0.0742. The zero-order valence-corrected chi connectivity index (χ0v) is 11.4. The third-order valence-corrected chi connectivity index (χ3v) is 3.37. The van der Waals surface area contributed by atoms with Crippen molar-refractivity contribution in [2.45, 2.75) is 38.3 Å². The largest absolute Gasteiger partial charge is 0.466 e. The Balaban J connectivity index is 1.80. The number of carbonyl (C=O) groups excluding carboxylic acids is 2. The molecule has 1 unspecified atom stereocenters. The summed E-state index contributed by atoms with van der Waals surface area (Å²) >= 11 is 0. The van der Waals surface area contributed by atoms with Crippen LogP contribution in [0.1, 0.15) is 26.2 Å². The molecule has 0 spiro atoms. The predicted molar refractivity (Wildman–Crippen MR) is 68.6 cm³/mol. The van der Waals surface area contributed by atoms with Gasteiger partial charge in [0, 0.05) is 19.1 Å². The lowest BCUT2D eigenvalue weighted by Crippen LogP contribution is -2.54. The van der Waals surface area contributed by atoms with Gasteiger partial charge in [-0.3, -0.25) is 14.5 Å². The first kappa shape index (κ1) is 14.3. The van der Waals surface area contributed by atoms with Crippen molar-refractivity contribution in [1.29, 1.82) is 0 Å². The molecular weight excluding hydrogens is 248 g/mol. The fourth-order valence-electron chi connectivity index (χ4n) is 2.14. The first-order valence-corrected chi connectivity index (χ1v) is 6.98. The Hall–Kier alpha value is -1.14. The van der Waals surface area contributed by atoms with Crippen molar-refractivity contribution in [1.82, 2.24) is 10.2 Å². The summed E-state index contributed by atoms with van der Waals surface area (Å²) in [5.74, 6) is -0.193. The van der Waals surface area contributed by atoms with Crippen molar-refractivity contribution in [3.05, 3.63) is 0 Å². The van der Waals surface area contributed by atoms with Crippen LogP contribution in [-0.2, 0) is 19.1 Å². The molecule has 1 aliphatic heterocycles. The second-order valence-corrected chi connectivity index (χ2v) is 4.96. The van der Waals surface area contributed by atoms with Crippen LogP contribution in [0, 0.1) is 0 Å². The van der Waals surface area contributed by atoms with E-state index in [0.29, 0.717) is 45.4 Å². The molecule has 2 aliphatic rings. The molecule has 19 heavy (non-hydrogen) atoms. The Morgan fingerprint density at radius 1 is 1.42 bits per heavy atom. The number of hydrogen-bond donors (Lipinski definition) is 1. The number of hydrogen-bond acceptors (Lipinski definition) is 5. The molecule has 0 aromatic rings. The number of nitrogens with one attached hydrogen (secondary N) is 1. The van der Waals surface area contributed by atoms with Crippen LogP contribution in [0.15, 0.2) is 0 Å². The standard InChI is InChI=1S/C13H22N2O4/c1-2-19-12(16)5-6-15-7-8-18-9-11(15)13(17)14-10-3-4-10/h10-11H,2-9H2,1H3,(H,14,17). The third-order valence-electron chi connectivity index (χ3n) is 3.37. The van der Waals surface area contributed by atoms with Crippen LogP contribution in [0.2, 0.25) is 0 Å². The maximum absolute atomic E-state index is 12.1. The van der Waals surface area contributed by atoms with E-state index < -0.39 is 0 Å². The van der Waals surface area contributed by atoms with Crippen LogP contribution in [-0.4, -0.2) is 61.8 Å². The van der Waals surface area contributed by atoms with Gasteiger partial charge in [-0.15, -0.1) is 0 Å². The maximum Gasteiger partial charge on any atom is 0.307 e. The molecule has 0 aromatic carbocycles. The van der Waals surface area contributed by atoms with Gasteiger partial charge in [-0.1, -0.05) is 0 Å². The molecule has 0 bridgehead atoms. The molecule has 0 aromatic heterocycles. The van der Waals surface area contributed by atoms with Gasteiger partial charge in [0.15, 0.2) is 0 Å². The summed E-state index contributed by atoms with van der Waals surface area (Å²) in [5, 5.41) is 2.99. The SMILES string of the molecule is CCOC(=O)CCN1CCOCC1C(=O)NC1CC1. The zero-order chi connectivity index (χ0) is 13.7. The van der Waals surface area contributed by atoms with Gasteiger partial charge in [-0.05, 0) is 19.8 Å². The quantitative estimate of drug-likeness (QED) is 0.684. The molecule has 2 fully saturated rings. The molecule has 1 amide bonds. The molecule has 1 heterocycles. The van der Waals surface area contributed by atoms with Crippen molar-refractivity contribution in [2.24, 2.45) is 0 Å². The van der Waals surface area contributed by atoms with E-state index in [0.717, 1.165) is 12.8 Å². The minimum Gasteiger partial charge on any atom is -0.466 e. The molecule has 2 rings (SSSR count). The minimum absolute atomic E-state index is 0.0195. The zero-order valence-electron chi connectivity index (χ0n) is 11.4. The van der Waals surface area contributed by atoms with E-state index in [4.69, 9.17) is 9.47 Å². The lowest BCUT2D eigenvalue weighted by Gasteiger charge is -2.34. The van der Waals surface area contributed by atoms with Gasteiger partial charge in [0.2, 0.25) is 5.91 Å². The van der Waals surface area contributed by atoms with Gasteiger partial charge in [0.1, 0.15) is 6.04 Å². The van der Waals surface area contributed by atoms with Crippen LogP contribution in [0.3, 0.4) is 0 Å². The van der Waals surface area contributed by atoms with Crippen molar-refractivity contribution in [3.8, 4) is 0 Å². The Bertz CT molecular complexity index is 331. The Morgan fingerprint density at radius 2 is 2.21 bits per heavy atom. The van der Waals surface area contributed by atoms with Gasteiger partial charge < -0.3 is 14.8 Å². The number of esters is 1. The molecule has 0 radical (unpaired) electrons. The fraction of sp³-hybridized carbons (Fsp3) is 0.846. The molecule has 1 aliphatic carbocycles. The summed E-state index contributed by atoms with van der Waals surface area (Å²) < 4.78 is 10.3. The van der Waals surface area contributed by atoms with Crippen LogP contribution in [0.25, 0.3) is 0 Å². The highest BCUT2D eigenvalue weighted by molar-refractivity contribution is 5.82. The van der Waals surface area contributed by atoms with Crippen molar-refractivity contribution in [2.75, 3.05) is 32.9 Å². The predicted octanol–water partition coefficient (Wildman–Crippen LogP) is -0.0810. The lowest BCUT2D eigenvalue weighted by molar-refractivity contribution is -0.145. The van der Waals surface area contributed by atoms with Crippen molar-refractivity contribution >= 4 is 11.9 Å². The summed E-state index contributed by atoms with van der Waals surface area (Å²) in [7, 11) is 0. The first-order chi connectivity index (χ1) is 9.20. The molecular formula is C13H22N2O4. The Morgan fingerprint density at radius 3 is 2.89 bits per heavy atom. The number of morpholine rings is 1. The highest BCUT2D eigenvalue weighted by Gasteiger charge is 2.33. The van der Waals surface area contributed by atoms with Crippen LogP contribution < -0.4 is 5.32 Å². The lowest BCUT2D eigenvalue weighted by atomic mass is 10.2.